The Morgan fingerprint density at radius 1 is 1.50 bits per heavy atom. The van der Waals surface area contributed by atoms with Crippen LogP contribution in [0.5, 0.6) is 0 Å². The number of aliphatic imine (C=N–C) groups is 1. The molecule has 0 fully saturated rings. The molecule has 12 heavy (non-hydrogen) atoms. The van der Waals surface area contributed by atoms with Gasteiger partial charge < -0.3 is 0 Å². The smallest absolute Gasteiger partial charge is 0.0266 e. The summed E-state index contributed by atoms with van der Waals surface area (Å²) in [5.74, 6) is 0.516. The molecule has 0 heterocycles. The lowest BCUT2D eigenvalue weighted by molar-refractivity contribution is 0.795. The highest BCUT2D eigenvalue weighted by molar-refractivity contribution is 5.57. The normalized spacial score (nSPS) is 12.0. The van der Waals surface area contributed by atoms with Crippen LogP contribution in [0.1, 0.15) is 33.6 Å². The molecular formula is C11H19N. The van der Waals surface area contributed by atoms with Crippen molar-refractivity contribution in [2.75, 3.05) is 0 Å². The summed E-state index contributed by atoms with van der Waals surface area (Å²) in [7, 11) is 0. The van der Waals surface area contributed by atoms with Crippen LogP contribution in [0, 0.1) is 5.92 Å². The second-order valence-electron chi connectivity index (χ2n) is 3.17. The molecule has 0 rings (SSSR count). The topological polar surface area (TPSA) is 12.4 Å². The summed E-state index contributed by atoms with van der Waals surface area (Å²) in [5.41, 5.74) is 1.13. The van der Waals surface area contributed by atoms with Gasteiger partial charge in [0.1, 0.15) is 0 Å². The lowest BCUT2D eigenvalue weighted by Gasteiger charge is -2.00. The SMILES string of the molecule is C=C(/C=C\N=CCCC)C(C)C. The van der Waals surface area contributed by atoms with Gasteiger partial charge in [-0.05, 0) is 18.4 Å². The summed E-state index contributed by atoms with van der Waals surface area (Å²) in [5, 5.41) is 0. The third kappa shape index (κ3) is 5.90. The molecule has 0 radical (unpaired) electrons. The van der Waals surface area contributed by atoms with E-state index in [0.717, 1.165) is 18.4 Å². The molecule has 0 aromatic heterocycles. The molecule has 0 aromatic carbocycles. The molecule has 0 saturated carbocycles. The van der Waals surface area contributed by atoms with Crippen molar-refractivity contribution in [2.45, 2.75) is 33.6 Å². The number of unbranched alkanes of at least 4 members (excludes halogenated alkanes) is 1. The van der Waals surface area contributed by atoms with Gasteiger partial charge in [0.2, 0.25) is 0 Å². The molecule has 0 aliphatic heterocycles. The fourth-order valence-electron chi connectivity index (χ4n) is 0.596. The van der Waals surface area contributed by atoms with Gasteiger partial charge in [-0.3, -0.25) is 4.99 Å². The first-order valence-corrected chi connectivity index (χ1v) is 4.55. The summed E-state index contributed by atoms with van der Waals surface area (Å²) in [6.07, 6.45) is 7.93. The van der Waals surface area contributed by atoms with Crippen molar-refractivity contribution in [3.63, 3.8) is 0 Å². The minimum atomic E-state index is 0.516. The second kappa shape index (κ2) is 6.84. The van der Waals surface area contributed by atoms with Crippen LogP contribution in [0.4, 0.5) is 0 Å². The van der Waals surface area contributed by atoms with Gasteiger partial charge in [0.15, 0.2) is 0 Å². The Bertz CT molecular complexity index is 175. The van der Waals surface area contributed by atoms with Gasteiger partial charge in [-0.25, -0.2) is 0 Å². The Labute approximate surface area is 75.9 Å². The van der Waals surface area contributed by atoms with Gasteiger partial charge in [-0.1, -0.05) is 39.3 Å². The van der Waals surface area contributed by atoms with Gasteiger partial charge >= 0.3 is 0 Å². The largest absolute Gasteiger partial charge is 0.269 e. The van der Waals surface area contributed by atoms with Gasteiger partial charge in [-0.15, -0.1) is 0 Å². The molecule has 0 spiro atoms. The Hall–Kier alpha value is -0.850. The number of hydrogen-bond acceptors (Lipinski definition) is 1. The number of hydrogen-bond donors (Lipinski definition) is 0. The minimum Gasteiger partial charge on any atom is -0.269 e. The number of rotatable bonds is 5. The Morgan fingerprint density at radius 3 is 2.67 bits per heavy atom. The van der Waals surface area contributed by atoms with Crippen LogP contribution in [0.2, 0.25) is 0 Å². The zero-order chi connectivity index (χ0) is 9.40. The highest BCUT2D eigenvalue weighted by Gasteiger charge is 1.92. The summed E-state index contributed by atoms with van der Waals surface area (Å²) in [6, 6.07) is 0. The molecule has 0 saturated heterocycles. The van der Waals surface area contributed by atoms with E-state index in [-0.39, 0.29) is 0 Å². The van der Waals surface area contributed by atoms with Crippen molar-refractivity contribution in [1.29, 1.82) is 0 Å². The van der Waals surface area contributed by atoms with Crippen molar-refractivity contribution in [1.82, 2.24) is 0 Å². The van der Waals surface area contributed by atoms with Crippen LogP contribution >= 0.6 is 0 Å². The summed E-state index contributed by atoms with van der Waals surface area (Å²) < 4.78 is 0. The molecule has 0 aliphatic carbocycles. The molecule has 0 bridgehead atoms. The first kappa shape index (κ1) is 11.2. The third-order valence-corrected chi connectivity index (χ3v) is 1.64. The molecule has 0 unspecified atom stereocenters. The van der Waals surface area contributed by atoms with Crippen molar-refractivity contribution >= 4 is 6.21 Å². The first-order chi connectivity index (χ1) is 5.68. The van der Waals surface area contributed by atoms with Crippen molar-refractivity contribution in [3.8, 4) is 0 Å². The van der Waals surface area contributed by atoms with E-state index < -0.39 is 0 Å². The van der Waals surface area contributed by atoms with E-state index in [1.807, 2.05) is 18.5 Å². The van der Waals surface area contributed by atoms with E-state index >= 15 is 0 Å². The van der Waals surface area contributed by atoms with E-state index in [9.17, 15) is 0 Å². The Morgan fingerprint density at radius 2 is 2.17 bits per heavy atom. The maximum atomic E-state index is 4.12. The number of nitrogens with zero attached hydrogens (tertiary/aromatic N) is 1. The predicted octanol–water partition coefficient (Wildman–Crippen LogP) is 3.58. The quantitative estimate of drug-likeness (QED) is 0.436. The van der Waals surface area contributed by atoms with Crippen LogP contribution in [0.25, 0.3) is 0 Å². The number of allylic oxidation sites excluding steroid dienone is 2. The molecule has 0 N–H and O–H groups in total. The molecule has 1 nitrogen and oxygen atoms in total. The molecule has 0 atom stereocenters. The van der Waals surface area contributed by atoms with Crippen molar-refractivity contribution < 1.29 is 0 Å². The van der Waals surface area contributed by atoms with Gasteiger partial charge in [-0.2, -0.15) is 0 Å². The van der Waals surface area contributed by atoms with E-state index in [2.05, 4.69) is 32.3 Å². The van der Waals surface area contributed by atoms with Crippen LogP contribution < -0.4 is 0 Å². The molecule has 0 aliphatic rings. The van der Waals surface area contributed by atoms with Crippen molar-refractivity contribution in [3.05, 3.63) is 24.4 Å². The molecule has 68 valence electrons. The summed E-state index contributed by atoms with van der Waals surface area (Å²) in [4.78, 5) is 4.12. The zero-order valence-electron chi connectivity index (χ0n) is 8.38. The van der Waals surface area contributed by atoms with E-state index in [0.29, 0.717) is 5.92 Å². The first-order valence-electron chi connectivity index (χ1n) is 4.55. The second-order valence-corrected chi connectivity index (χ2v) is 3.17. The summed E-state index contributed by atoms with van der Waals surface area (Å²) >= 11 is 0. The average Bonchev–Trinajstić information content (AvgIpc) is 2.03. The fraction of sp³-hybridized carbons (Fsp3) is 0.545. The Balaban J connectivity index is 3.68. The monoisotopic (exact) mass is 165 g/mol. The molecule has 0 amide bonds. The molecule has 1 heteroatoms. The average molecular weight is 165 g/mol. The summed E-state index contributed by atoms with van der Waals surface area (Å²) in [6.45, 7) is 10.3. The third-order valence-electron chi connectivity index (χ3n) is 1.64. The van der Waals surface area contributed by atoms with Crippen LogP contribution in [-0.2, 0) is 0 Å². The molecule has 0 aromatic rings. The fourth-order valence-corrected chi connectivity index (χ4v) is 0.596. The predicted molar refractivity (Wildman–Crippen MR) is 56.5 cm³/mol. The van der Waals surface area contributed by atoms with E-state index in [1.165, 1.54) is 0 Å². The highest BCUT2D eigenvalue weighted by atomic mass is 14.7. The maximum Gasteiger partial charge on any atom is 0.0266 e. The van der Waals surface area contributed by atoms with E-state index in [1.54, 1.807) is 0 Å². The minimum absolute atomic E-state index is 0.516. The van der Waals surface area contributed by atoms with Crippen LogP contribution in [0.15, 0.2) is 29.4 Å². The molecular weight excluding hydrogens is 146 g/mol. The van der Waals surface area contributed by atoms with Crippen LogP contribution in [-0.4, -0.2) is 6.21 Å². The highest BCUT2D eigenvalue weighted by Crippen LogP contribution is 2.07. The van der Waals surface area contributed by atoms with Crippen molar-refractivity contribution in [2.24, 2.45) is 10.9 Å². The standard InChI is InChI=1S/C11H19N/c1-5-6-8-12-9-7-11(4)10(2)3/h7-10H,4-6H2,1-3H3/b9-7-,12-8?. The van der Waals surface area contributed by atoms with Gasteiger partial charge in [0, 0.05) is 12.4 Å². The Kier molecular flexibility index (Phi) is 6.35. The van der Waals surface area contributed by atoms with Gasteiger partial charge in [0.25, 0.3) is 0 Å². The van der Waals surface area contributed by atoms with Gasteiger partial charge in [0.05, 0.1) is 0 Å². The maximum absolute atomic E-state index is 4.12. The van der Waals surface area contributed by atoms with E-state index in [4.69, 9.17) is 0 Å². The lowest BCUT2D eigenvalue weighted by atomic mass is 10.1. The lowest BCUT2D eigenvalue weighted by Crippen LogP contribution is -1.86. The van der Waals surface area contributed by atoms with Crippen LogP contribution in [0.3, 0.4) is 0 Å². The zero-order valence-corrected chi connectivity index (χ0v) is 8.38.